The first-order valence-corrected chi connectivity index (χ1v) is 1.64. The predicted octanol–water partition coefficient (Wildman–Crippen LogP) is -4.84. The van der Waals surface area contributed by atoms with Gasteiger partial charge in [-0.15, -0.1) is 0 Å². The Morgan fingerprint density at radius 3 is 0.444 bits per heavy atom. The van der Waals surface area contributed by atoms with Crippen molar-refractivity contribution < 1.29 is 80.4 Å². The SMILES string of the molecule is O.O.O.O.O.O=[N+]([O-])[O-].O=[N+]([O-])[O-].O=[N+]([O-])[O-].[Ho+3]. The Bertz CT molecular complexity index is 115. The van der Waals surface area contributed by atoms with Crippen LogP contribution in [0.25, 0.3) is 0 Å². The Hall–Kier alpha value is -1.34. The van der Waals surface area contributed by atoms with Crippen LogP contribution in [0.15, 0.2) is 0 Å². The summed E-state index contributed by atoms with van der Waals surface area (Å²) in [6.07, 6.45) is 0. The maximum atomic E-state index is 8.25. The molecule has 0 amide bonds. The van der Waals surface area contributed by atoms with Gasteiger partial charge < -0.3 is 73.3 Å². The van der Waals surface area contributed by atoms with Crippen LogP contribution in [-0.2, 0) is 0 Å². The van der Waals surface area contributed by atoms with E-state index in [4.69, 9.17) is 46.0 Å². The average molecular weight is 441 g/mol. The Morgan fingerprint density at radius 1 is 0.444 bits per heavy atom. The van der Waals surface area contributed by atoms with E-state index >= 15 is 0 Å². The van der Waals surface area contributed by atoms with Gasteiger partial charge in [0.15, 0.2) is 0 Å². The first-order chi connectivity index (χ1) is 5.20. The van der Waals surface area contributed by atoms with Gasteiger partial charge in [0.25, 0.3) is 0 Å². The number of hydrogen-bond acceptors (Lipinski definition) is 9. The topological polar surface area (TPSA) is 356 Å². The molecule has 0 rings (SSSR count). The van der Waals surface area contributed by atoms with E-state index in [9.17, 15) is 0 Å². The summed E-state index contributed by atoms with van der Waals surface area (Å²) < 4.78 is 0. The van der Waals surface area contributed by atoms with E-state index in [1.807, 2.05) is 0 Å². The summed E-state index contributed by atoms with van der Waals surface area (Å²) in [5, 5.41) is 44.2. The van der Waals surface area contributed by atoms with Crippen molar-refractivity contribution in [1.82, 2.24) is 0 Å². The van der Waals surface area contributed by atoms with Gasteiger partial charge in [0, 0.05) is 0 Å². The van der Waals surface area contributed by atoms with E-state index in [1.165, 1.54) is 0 Å². The Balaban J connectivity index is -0.00000000827. The molecule has 0 aliphatic rings. The fourth-order valence-electron chi connectivity index (χ4n) is 0. The van der Waals surface area contributed by atoms with Gasteiger partial charge in [-0.3, -0.25) is 0 Å². The second-order valence-electron chi connectivity index (χ2n) is 0.671. The molecule has 0 aromatic carbocycles. The summed E-state index contributed by atoms with van der Waals surface area (Å²) in [5.74, 6) is 0. The molecule has 0 saturated heterocycles. The van der Waals surface area contributed by atoms with Gasteiger partial charge in [-0.05, 0) is 0 Å². The molecule has 0 aliphatic carbocycles. The number of hydrogen-bond donors (Lipinski definition) is 0. The zero-order chi connectivity index (χ0) is 10.7. The first-order valence-electron chi connectivity index (χ1n) is 1.64. The van der Waals surface area contributed by atoms with Gasteiger partial charge in [-0.25, -0.2) is 0 Å². The van der Waals surface area contributed by atoms with Crippen LogP contribution in [0.3, 0.4) is 0 Å². The molecule has 0 aliphatic heterocycles. The first kappa shape index (κ1) is 69.6. The Morgan fingerprint density at radius 2 is 0.444 bits per heavy atom. The van der Waals surface area contributed by atoms with Crippen molar-refractivity contribution in [2.75, 3.05) is 0 Å². The van der Waals surface area contributed by atoms with Crippen LogP contribution in [0.5, 0.6) is 0 Å². The van der Waals surface area contributed by atoms with E-state index in [1.54, 1.807) is 0 Å². The second-order valence-corrected chi connectivity index (χ2v) is 0.671. The van der Waals surface area contributed by atoms with E-state index in [2.05, 4.69) is 0 Å². The van der Waals surface area contributed by atoms with E-state index < -0.39 is 15.3 Å². The van der Waals surface area contributed by atoms with Crippen LogP contribution < -0.4 is 0 Å². The van der Waals surface area contributed by atoms with Crippen molar-refractivity contribution in [2.45, 2.75) is 0 Å². The van der Waals surface area contributed by atoms with Gasteiger partial charge in [0.1, 0.15) is 0 Å². The van der Waals surface area contributed by atoms with Crippen molar-refractivity contribution in [3.63, 3.8) is 0 Å². The molecule has 0 saturated carbocycles. The zero-order valence-corrected chi connectivity index (χ0v) is 9.75. The van der Waals surface area contributed by atoms with Gasteiger partial charge in [-0.1, -0.05) is 0 Å². The minimum atomic E-state index is -1.75. The van der Waals surface area contributed by atoms with Crippen molar-refractivity contribution in [3.8, 4) is 0 Å². The van der Waals surface area contributed by atoms with E-state index in [0.717, 1.165) is 0 Å². The van der Waals surface area contributed by atoms with Gasteiger partial charge >= 0.3 is 37.7 Å². The van der Waals surface area contributed by atoms with Gasteiger partial charge in [0.2, 0.25) is 0 Å². The predicted molar refractivity (Wildman–Crippen MR) is 49.2 cm³/mol. The molecule has 120 valence electrons. The van der Waals surface area contributed by atoms with Crippen LogP contribution >= 0.6 is 0 Å². The summed E-state index contributed by atoms with van der Waals surface area (Å²) in [6.45, 7) is 0. The molecule has 0 aromatic heterocycles. The van der Waals surface area contributed by atoms with Crippen LogP contribution in [0, 0.1) is 83.7 Å². The smallest absolute Gasteiger partial charge is 0.412 e. The largest absolute Gasteiger partial charge is 3.00 e. The normalized spacial score (nSPS) is 4.00. The fourth-order valence-corrected chi connectivity index (χ4v) is 0. The van der Waals surface area contributed by atoms with Crippen molar-refractivity contribution in [2.24, 2.45) is 0 Å². The Labute approximate surface area is 126 Å². The Kier molecular flexibility index (Phi) is 222. The van der Waals surface area contributed by atoms with E-state index in [0.29, 0.717) is 0 Å². The molecular weight excluding hydrogens is 431 g/mol. The van der Waals surface area contributed by atoms with Crippen molar-refractivity contribution in [3.05, 3.63) is 46.0 Å². The molecule has 0 atom stereocenters. The van der Waals surface area contributed by atoms with Crippen LogP contribution in [-0.4, -0.2) is 42.6 Å². The average Bonchev–Trinajstić information content (AvgIpc) is 1.54. The molecule has 0 bridgehead atoms. The summed E-state index contributed by atoms with van der Waals surface area (Å²) in [7, 11) is 0. The summed E-state index contributed by atoms with van der Waals surface area (Å²) in [4.78, 5) is 24.8. The summed E-state index contributed by atoms with van der Waals surface area (Å²) >= 11 is 0. The maximum absolute atomic E-state index is 8.25. The molecule has 0 radical (unpaired) electrons. The van der Waals surface area contributed by atoms with Crippen LogP contribution in [0.2, 0.25) is 0 Å². The van der Waals surface area contributed by atoms with E-state index in [-0.39, 0.29) is 65.1 Å². The molecule has 0 fully saturated rings. The standard InChI is InChI=1S/Ho.3NO3.5H2O/c;3*2-1(3)4;;;;;/h;;;;5*1H2/q+3;3*-1;;;;;. The molecular formula is H10HoN3O14. The molecule has 17 nitrogen and oxygen atoms in total. The monoisotopic (exact) mass is 441 g/mol. The maximum Gasteiger partial charge on any atom is 3.00 e. The van der Waals surface area contributed by atoms with Crippen molar-refractivity contribution in [1.29, 1.82) is 0 Å². The van der Waals surface area contributed by atoms with Crippen molar-refractivity contribution >= 4 is 0 Å². The van der Waals surface area contributed by atoms with Gasteiger partial charge in [-0.2, -0.15) is 0 Å². The van der Waals surface area contributed by atoms with Crippen LogP contribution in [0.1, 0.15) is 0 Å². The third-order valence-electron chi connectivity index (χ3n) is 0. The molecule has 10 N–H and O–H groups in total. The molecule has 0 spiro atoms. The molecule has 18 heavy (non-hydrogen) atoms. The third kappa shape index (κ3) is 1520. The van der Waals surface area contributed by atoms with Gasteiger partial charge in [0.05, 0.1) is 15.3 Å². The quantitative estimate of drug-likeness (QED) is 0.197. The molecule has 0 heterocycles. The third-order valence-corrected chi connectivity index (χ3v) is 0. The molecule has 18 heteroatoms. The minimum Gasteiger partial charge on any atom is -0.412 e. The summed E-state index contributed by atoms with van der Waals surface area (Å²) in [6, 6.07) is 0. The minimum absolute atomic E-state index is 0. The fraction of sp³-hybridized carbons (Fsp3) is 0. The second kappa shape index (κ2) is 57.4. The van der Waals surface area contributed by atoms with Crippen LogP contribution in [0.4, 0.5) is 0 Å². The molecule has 0 aromatic rings. The number of nitrogens with zero attached hydrogens (tertiary/aromatic N) is 3. The zero-order valence-electron chi connectivity index (χ0n) is 7.82. The molecule has 0 unspecified atom stereocenters. The summed E-state index contributed by atoms with van der Waals surface area (Å²) in [5.41, 5.74) is 0. The number of rotatable bonds is 0.